The predicted octanol–water partition coefficient (Wildman–Crippen LogP) is 1.83. The molecule has 0 aliphatic carbocycles. The fourth-order valence-electron chi connectivity index (χ4n) is 2.74. The van der Waals surface area contributed by atoms with Gasteiger partial charge in [-0.3, -0.25) is 4.79 Å². The maximum atomic E-state index is 11.5. The van der Waals surface area contributed by atoms with Crippen molar-refractivity contribution in [3.05, 3.63) is 35.9 Å². The molecule has 0 spiro atoms. The van der Waals surface area contributed by atoms with E-state index in [0.717, 1.165) is 18.4 Å². The SMILES string of the molecule is CCC(=O)NC[C@](O)(c1ccccc1)C1CCOCC1. The van der Waals surface area contributed by atoms with Crippen molar-refractivity contribution in [2.45, 2.75) is 31.8 Å². The van der Waals surface area contributed by atoms with Gasteiger partial charge in [0.1, 0.15) is 5.60 Å². The summed E-state index contributed by atoms with van der Waals surface area (Å²) in [5, 5.41) is 14.0. The van der Waals surface area contributed by atoms with E-state index in [-0.39, 0.29) is 18.4 Å². The average molecular weight is 277 g/mol. The first-order valence-electron chi connectivity index (χ1n) is 7.29. The van der Waals surface area contributed by atoms with Crippen molar-refractivity contribution in [3.8, 4) is 0 Å². The summed E-state index contributed by atoms with van der Waals surface area (Å²) in [6.45, 7) is 3.41. The minimum absolute atomic E-state index is 0.0357. The number of carbonyl (C=O) groups excluding carboxylic acids is 1. The number of benzene rings is 1. The second-order valence-corrected chi connectivity index (χ2v) is 5.31. The Labute approximate surface area is 120 Å². The average Bonchev–Trinajstić information content (AvgIpc) is 2.54. The fraction of sp³-hybridized carbons (Fsp3) is 0.562. The Balaban J connectivity index is 2.20. The van der Waals surface area contributed by atoms with Crippen LogP contribution < -0.4 is 5.32 Å². The third-order valence-corrected chi connectivity index (χ3v) is 4.05. The molecule has 20 heavy (non-hydrogen) atoms. The summed E-state index contributed by atoms with van der Waals surface area (Å²) in [5.74, 6) is 0.0715. The fourth-order valence-corrected chi connectivity index (χ4v) is 2.74. The van der Waals surface area contributed by atoms with E-state index in [0.29, 0.717) is 19.6 Å². The lowest BCUT2D eigenvalue weighted by Gasteiger charge is -2.39. The molecule has 1 aromatic carbocycles. The molecule has 1 atom stereocenters. The van der Waals surface area contributed by atoms with Crippen LogP contribution in [-0.4, -0.2) is 30.8 Å². The zero-order chi connectivity index (χ0) is 14.4. The molecule has 4 nitrogen and oxygen atoms in total. The lowest BCUT2D eigenvalue weighted by atomic mass is 9.77. The molecule has 2 N–H and O–H groups in total. The summed E-state index contributed by atoms with van der Waals surface area (Å²) in [4.78, 5) is 11.5. The molecule has 1 saturated heterocycles. The van der Waals surface area contributed by atoms with Crippen molar-refractivity contribution in [3.63, 3.8) is 0 Å². The zero-order valence-electron chi connectivity index (χ0n) is 12.0. The van der Waals surface area contributed by atoms with E-state index < -0.39 is 5.60 Å². The first-order chi connectivity index (χ1) is 9.66. The van der Waals surface area contributed by atoms with Crippen LogP contribution in [0.4, 0.5) is 0 Å². The third kappa shape index (κ3) is 3.38. The van der Waals surface area contributed by atoms with E-state index in [1.807, 2.05) is 37.3 Å². The molecule has 1 heterocycles. The molecule has 110 valence electrons. The van der Waals surface area contributed by atoms with Crippen molar-refractivity contribution >= 4 is 5.91 Å². The van der Waals surface area contributed by atoms with Gasteiger partial charge in [0.25, 0.3) is 0 Å². The van der Waals surface area contributed by atoms with Gasteiger partial charge >= 0.3 is 0 Å². The largest absolute Gasteiger partial charge is 0.383 e. The molecule has 1 aromatic rings. The number of nitrogens with one attached hydrogen (secondary N) is 1. The van der Waals surface area contributed by atoms with Gasteiger partial charge in [-0.2, -0.15) is 0 Å². The molecule has 1 aliphatic rings. The number of hydrogen-bond acceptors (Lipinski definition) is 3. The van der Waals surface area contributed by atoms with Gasteiger partial charge in [-0.1, -0.05) is 37.3 Å². The standard InChI is InChI=1S/C16H23NO3/c1-2-15(18)17-12-16(19,13-6-4-3-5-7-13)14-8-10-20-11-9-14/h3-7,14,19H,2,8-12H2,1H3,(H,17,18)/t16-/m0/s1. The van der Waals surface area contributed by atoms with E-state index in [1.54, 1.807) is 0 Å². The molecule has 0 unspecified atom stereocenters. The van der Waals surface area contributed by atoms with Crippen molar-refractivity contribution in [2.24, 2.45) is 5.92 Å². The number of amides is 1. The summed E-state index contributed by atoms with van der Waals surface area (Å²) < 4.78 is 5.38. The molecular formula is C16H23NO3. The molecule has 0 aromatic heterocycles. The van der Waals surface area contributed by atoms with Crippen molar-refractivity contribution in [1.82, 2.24) is 5.32 Å². The Morgan fingerprint density at radius 3 is 2.60 bits per heavy atom. The van der Waals surface area contributed by atoms with Crippen LogP contribution in [0.3, 0.4) is 0 Å². The maximum Gasteiger partial charge on any atom is 0.219 e. The summed E-state index contributed by atoms with van der Waals surface area (Å²) in [6, 6.07) is 9.61. The smallest absolute Gasteiger partial charge is 0.219 e. The second kappa shape index (κ2) is 6.86. The Hall–Kier alpha value is -1.39. The molecule has 0 bridgehead atoms. The van der Waals surface area contributed by atoms with Gasteiger partial charge in [-0.25, -0.2) is 0 Å². The minimum atomic E-state index is -1.02. The number of aliphatic hydroxyl groups is 1. The van der Waals surface area contributed by atoms with Gasteiger partial charge in [-0.05, 0) is 24.3 Å². The van der Waals surface area contributed by atoms with Crippen LogP contribution in [0.2, 0.25) is 0 Å². The highest BCUT2D eigenvalue weighted by Crippen LogP contribution is 2.35. The van der Waals surface area contributed by atoms with Crippen LogP contribution in [0.1, 0.15) is 31.7 Å². The van der Waals surface area contributed by atoms with Gasteiger partial charge in [0.05, 0.1) is 6.54 Å². The predicted molar refractivity (Wildman–Crippen MR) is 77.2 cm³/mol. The van der Waals surface area contributed by atoms with Crippen molar-refractivity contribution in [1.29, 1.82) is 0 Å². The lowest BCUT2D eigenvalue weighted by molar-refractivity contribution is -0.124. The number of rotatable bonds is 5. The molecule has 1 amide bonds. The Morgan fingerprint density at radius 2 is 2.00 bits per heavy atom. The highest BCUT2D eigenvalue weighted by Gasteiger charge is 2.39. The van der Waals surface area contributed by atoms with Gasteiger partial charge < -0.3 is 15.2 Å². The van der Waals surface area contributed by atoms with Gasteiger partial charge in [-0.15, -0.1) is 0 Å². The van der Waals surface area contributed by atoms with E-state index >= 15 is 0 Å². The highest BCUT2D eigenvalue weighted by molar-refractivity contribution is 5.75. The van der Waals surface area contributed by atoms with E-state index in [2.05, 4.69) is 5.32 Å². The molecule has 1 aliphatic heterocycles. The monoisotopic (exact) mass is 277 g/mol. The van der Waals surface area contributed by atoms with Crippen LogP contribution >= 0.6 is 0 Å². The number of hydrogen-bond donors (Lipinski definition) is 2. The van der Waals surface area contributed by atoms with Crippen molar-refractivity contribution < 1.29 is 14.6 Å². The number of ether oxygens (including phenoxy) is 1. The van der Waals surface area contributed by atoms with Gasteiger partial charge in [0.2, 0.25) is 5.91 Å². The highest BCUT2D eigenvalue weighted by atomic mass is 16.5. The van der Waals surface area contributed by atoms with Gasteiger partial charge in [0.15, 0.2) is 0 Å². The second-order valence-electron chi connectivity index (χ2n) is 5.31. The normalized spacial score (nSPS) is 19.3. The van der Waals surface area contributed by atoms with Crippen LogP contribution in [0.25, 0.3) is 0 Å². The molecule has 0 saturated carbocycles. The topological polar surface area (TPSA) is 58.6 Å². The Morgan fingerprint density at radius 1 is 1.35 bits per heavy atom. The minimum Gasteiger partial charge on any atom is -0.383 e. The van der Waals surface area contributed by atoms with Crippen LogP contribution in [0, 0.1) is 5.92 Å². The Bertz CT molecular complexity index is 429. The summed E-state index contributed by atoms with van der Waals surface area (Å²) in [7, 11) is 0. The van der Waals surface area contributed by atoms with E-state index in [1.165, 1.54) is 0 Å². The van der Waals surface area contributed by atoms with E-state index in [4.69, 9.17) is 4.74 Å². The van der Waals surface area contributed by atoms with Crippen LogP contribution in [-0.2, 0) is 15.1 Å². The maximum absolute atomic E-state index is 11.5. The molecule has 4 heteroatoms. The lowest BCUT2D eigenvalue weighted by Crippen LogP contribution is -2.47. The zero-order valence-corrected chi connectivity index (χ0v) is 12.0. The number of carbonyl (C=O) groups is 1. The first-order valence-corrected chi connectivity index (χ1v) is 7.29. The Kier molecular flexibility index (Phi) is 5.15. The van der Waals surface area contributed by atoms with Crippen molar-refractivity contribution in [2.75, 3.05) is 19.8 Å². The summed E-state index contributed by atoms with van der Waals surface area (Å²) in [5.41, 5.74) is -0.154. The van der Waals surface area contributed by atoms with Crippen LogP contribution in [0.15, 0.2) is 30.3 Å². The molecule has 1 fully saturated rings. The van der Waals surface area contributed by atoms with E-state index in [9.17, 15) is 9.90 Å². The van der Waals surface area contributed by atoms with Crippen LogP contribution in [0.5, 0.6) is 0 Å². The quantitative estimate of drug-likeness (QED) is 0.863. The summed E-state index contributed by atoms with van der Waals surface area (Å²) >= 11 is 0. The molecule has 2 rings (SSSR count). The first kappa shape index (κ1) is 15.0. The van der Waals surface area contributed by atoms with Gasteiger partial charge in [0, 0.05) is 19.6 Å². The summed E-state index contributed by atoms with van der Waals surface area (Å²) in [6.07, 6.45) is 2.05. The molecule has 0 radical (unpaired) electrons. The molecular weight excluding hydrogens is 254 g/mol. The third-order valence-electron chi connectivity index (χ3n) is 4.05.